The lowest BCUT2D eigenvalue weighted by atomic mass is 9.85. The Morgan fingerprint density at radius 2 is 1.56 bits per heavy atom. The number of hydrogen-bond donors (Lipinski definition) is 1. The van der Waals surface area contributed by atoms with E-state index in [2.05, 4.69) is 29.0 Å². The molecule has 0 atom stereocenters. The van der Waals surface area contributed by atoms with Crippen molar-refractivity contribution in [1.29, 1.82) is 0 Å². The number of ether oxygens (including phenoxy) is 1. The number of carbonyl (C=O) groups is 1. The fraction of sp³-hybridized carbons (Fsp3) is 0.552. The molecule has 2 fully saturated rings. The van der Waals surface area contributed by atoms with Gasteiger partial charge in [0.25, 0.3) is 5.91 Å². The van der Waals surface area contributed by atoms with Crippen molar-refractivity contribution in [2.45, 2.75) is 52.0 Å². The highest BCUT2D eigenvalue weighted by Crippen LogP contribution is 2.28. The summed E-state index contributed by atoms with van der Waals surface area (Å²) < 4.78 is 5.80. The van der Waals surface area contributed by atoms with E-state index in [-0.39, 0.29) is 5.91 Å². The molecule has 184 valence electrons. The van der Waals surface area contributed by atoms with E-state index in [0.29, 0.717) is 12.1 Å². The molecule has 2 heterocycles. The maximum Gasteiger partial charge on any atom is 0.251 e. The third kappa shape index (κ3) is 7.07. The highest BCUT2D eigenvalue weighted by molar-refractivity contribution is 5.94. The molecule has 0 unspecified atom stereocenters. The highest BCUT2D eigenvalue weighted by Gasteiger charge is 2.28. The minimum absolute atomic E-state index is 0.0187. The number of para-hydroxylation sites is 1. The van der Waals surface area contributed by atoms with Crippen LogP contribution in [-0.4, -0.2) is 61.0 Å². The summed E-state index contributed by atoms with van der Waals surface area (Å²) in [6, 6.07) is 17.8. The first kappa shape index (κ1) is 24.7. The van der Waals surface area contributed by atoms with Crippen molar-refractivity contribution in [1.82, 2.24) is 15.1 Å². The summed E-state index contributed by atoms with van der Waals surface area (Å²) in [7, 11) is 0. The monoisotopic (exact) mass is 463 g/mol. The fourth-order valence-electron chi connectivity index (χ4n) is 5.36. The number of likely N-dealkylation sites (tertiary alicyclic amines) is 2. The second kappa shape index (κ2) is 12.4. The Kier molecular flexibility index (Phi) is 9.00. The van der Waals surface area contributed by atoms with E-state index in [9.17, 15) is 4.79 Å². The largest absolute Gasteiger partial charge is 0.457 e. The van der Waals surface area contributed by atoms with Gasteiger partial charge >= 0.3 is 0 Å². The van der Waals surface area contributed by atoms with Gasteiger partial charge in [-0.05, 0) is 113 Å². The standard InChI is InChI=1S/C29H41N3O2/c1-23(2)24-13-21-32(22-14-24)26-15-19-31(20-16-26)18-6-17-30-29(33)25-9-11-28(12-10-25)34-27-7-4-3-5-8-27/h3-5,7-12,23-24,26H,6,13-22H2,1-2H3,(H,30,33). The minimum Gasteiger partial charge on any atom is -0.457 e. The van der Waals surface area contributed by atoms with Gasteiger partial charge in [-0.25, -0.2) is 0 Å². The molecule has 4 rings (SSSR count). The summed E-state index contributed by atoms with van der Waals surface area (Å²) in [5.74, 6) is 3.26. The number of benzene rings is 2. The van der Waals surface area contributed by atoms with E-state index in [1.165, 1.54) is 51.9 Å². The molecule has 0 bridgehead atoms. The Hall–Kier alpha value is -2.37. The van der Waals surface area contributed by atoms with Crippen LogP contribution in [-0.2, 0) is 0 Å². The molecule has 2 aromatic carbocycles. The van der Waals surface area contributed by atoms with Crippen molar-refractivity contribution in [3.05, 3.63) is 60.2 Å². The zero-order valence-electron chi connectivity index (χ0n) is 20.9. The molecule has 34 heavy (non-hydrogen) atoms. The number of rotatable bonds is 9. The molecule has 2 aromatic rings. The molecule has 0 spiro atoms. The molecule has 0 aromatic heterocycles. The Bertz CT molecular complexity index is 868. The van der Waals surface area contributed by atoms with Crippen LogP contribution >= 0.6 is 0 Å². The SMILES string of the molecule is CC(C)C1CCN(C2CCN(CCCNC(=O)c3ccc(Oc4ccccc4)cc3)CC2)CC1. The molecule has 1 amide bonds. The lowest BCUT2D eigenvalue weighted by Crippen LogP contribution is -2.48. The van der Waals surface area contributed by atoms with Crippen LogP contribution in [0.15, 0.2) is 54.6 Å². The zero-order valence-corrected chi connectivity index (χ0v) is 20.9. The topological polar surface area (TPSA) is 44.8 Å². The highest BCUT2D eigenvalue weighted by atomic mass is 16.5. The summed E-state index contributed by atoms with van der Waals surface area (Å²) in [6.45, 7) is 11.5. The van der Waals surface area contributed by atoms with Gasteiger partial charge in [0.15, 0.2) is 0 Å². The van der Waals surface area contributed by atoms with Gasteiger partial charge in [0.2, 0.25) is 0 Å². The van der Waals surface area contributed by atoms with Crippen LogP contribution in [0.4, 0.5) is 0 Å². The summed E-state index contributed by atoms with van der Waals surface area (Å²) in [5.41, 5.74) is 0.669. The van der Waals surface area contributed by atoms with Crippen molar-refractivity contribution in [3.63, 3.8) is 0 Å². The predicted octanol–water partition coefficient (Wildman–Crippen LogP) is 5.43. The first-order valence-corrected chi connectivity index (χ1v) is 13.2. The second-order valence-corrected chi connectivity index (χ2v) is 10.2. The smallest absolute Gasteiger partial charge is 0.251 e. The van der Waals surface area contributed by atoms with Crippen LogP contribution < -0.4 is 10.1 Å². The number of nitrogens with one attached hydrogen (secondary N) is 1. The Balaban J connectivity index is 1.10. The van der Waals surface area contributed by atoms with Gasteiger partial charge in [0.1, 0.15) is 11.5 Å². The maximum absolute atomic E-state index is 12.5. The summed E-state index contributed by atoms with van der Waals surface area (Å²) >= 11 is 0. The molecule has 2 aliphatic rings. The van der Waals surface area contributed by atoms with Gasteiger partial charge in [-0.3, -0.25) is 4.79 Å². The van der Waals surface area contributed by atoms with E-state index in [0.717, 1.165) is 42.3 Å². The summed E-state index contributed by atoms with van der Waals surface area (Å²) in [6.07, 6.45) is 6.32. The first-order chi connectivity index (χ1) is 16.6. The Morgan fingerprint density at radius 1 is 0.912 bits per heavy atom. The van der Waals surface area contributed by atoms with E-state index in [1.807, 2.05) is 54.6 Å². The third-order valence-corrected chi connectivity index (χ3v) is 7.62. The average Bonchev–Trinajstić information content (AvgIpc) is 2.88. The van der Waals surface area contributed by atoms with E-state index in [4.69, 9.17) is 4.74 Å². The predicted molar refractivity (Wildman–Crippen MR) is 139 cm³/mol. The zero-order chi connectivity index (χ0) is 23.8. The normalized spacial score (nSPS) is 18.8. The molecule has 0 saturated carbocycles. The maximum atomic E-state index is 12.5. The van der Waals surface area contributed by atoms with Crippen molar-refractivity contribution in [2.75, 3.05) is 39.3 Å². The van der Waals surface area contributed by atoms with Crippen molar-refractivity contribution < 1.29 is 9.53 Å². The van der Waals surface area contributed by atoms with Crippen LogP contribution in [0, 0.1) is 11.8 Å². The molecular formula is C29H41N3O2. The number of carbonyl (C=O) groups excluding carboxylic acids is 1. The number of piperidine rings is 2. The number of nitrogens with zero attached hydrogens (tertiary/aromatic N) is 2. The third-order valence-electron chi connectivity index (χ3n) is 7.62. The van der Waals surface area contributed by atoms with Gasteiger partial charge < -0.3 is 19.9 Å². The van der Waals surface area contributed by atoms with Gasteiger partial charge in [-0.15, -0.1) is 0 Å². The molecule has 1 N–H and O–H groups in total. The quantitative estimate of drug-likeness (QED) is 0.504. The average molecular weight is 464 g/mol. The molecule has 2 saturated heterocycles. The van der Waals surface area contributed by atoms with Gasteiger partial charge in [-0.2, -0.15) is 0 Å². The Labute approximate surface area is 205 Å². The van der Waals surface area contributed by atoms with Crippen molar-refractivity contribution in [2.24, 2.45) is 11.8 Å². The van der Waals surface area contributed by atoms with Crippen LogP contribution in [0.1, 0.15) is 56.3 Å². The van der Waals surface area contributed by atoms with Crippen LogP contribution in [0.25, 0.3) is 0 Å². The van der Waals surface area contributed by atoms with E-state index < -0.39 is 0 Å². The first-order valence-electron chi connectivity index (χ1n) is 13.2. The molecule has 5 nitrogen and oxygen atoms in total. The number of amides is 1. The van der Waals surface area contributed by atoms with E-state index >= 15 is 0 Å². The fourth-order valence-corrected chi connectivity index (χ4v) is 5.36. The lowest BCUT2D eigenvalue weighted by Gasteiger charge is -2.42. The molecule has 0 aliphatic carbocycles. The van der Waals surface area contributed by atoms with Crippen LogP contribution in [0.3, 0.4) is 0 Å². The molecule has 2 aliphatic heterocycles. The minimum atomic E-state index is -0.0187. The summed E-state index contributed by atoms with van der Waals surface area (Å²) in [4.78, 5) is 17.8. The summed E-state index contributed by atoms with van der Waals surface area (Å²) in [5, 5.41) is 3.07. The molecule has 5 heteroatoms. The van der Waals surface area contributed by atoms with Gasteiger partial charge in [0, 0.05) is 18.2 Å². The van der Waals surface area contributed by atoms with Crippen LogP contribution in [0.2, 0.25) is 0 Å². The van der Waals surface area contributed by atoms with Gasteiger partial charge in [0.05, 0.1) is 0 Å². The van der Waals surface area contributed by atoms with Crippen molar-refractivity contribution >= 4 is 5.91 Å². The van der Waals surface area contributed by atoms with Crippen LogP contribution in [0.5, 0.6) is 11.5 Å². The van der Waals surface area contributed by atoms with Gasteiger partial charge in [-0.1, -0.05) is 32.0 Å². The van der Waals surface area contributed by atoms with Crippen molar-refractivity contribution in [3.8, 4) is 11.5 Å². The molecular weight excluding hydrogens is 422 g/mol. The molecule has 0 radical (unpaired) electrons. The van der Waals surface area contributed by atoms with E-state index in [1.54, 1.807) is 0 Å². The number of hydrogen-bond acceptors (Lipinski definition) is 4. The second-order valence-electron chi connectivity index (χ2n) is 10.2. The Morgan fingerprint density at radius 3 is 2.21 bits per heavy atom. The lowest BCUT2D eigenvalue weighted by molar-refractivity contribution is 0.0687.